The van der Waals surface area contributed by atoms with Crippen molar-refractivity contribution in [3.63, 3.8) is 0 Å². The third-order valence-corrected chi connectivity index (χ3v) is 6.48. The van der Waals surface area contributed by atoms with Crippen LogP contribution in [0.3, 0.4) is 0 Å². The molecule has 1 fully saturated rings. The lowest BCUT2D eigenvalue weighted by molar-refractivity contribution is -0.141. The van der Waals surface area contributed by atoms with E-state index in [4.69, 9.17) is 27.6 Å². The summed E-state index contributed by atoms with van der Waals surface area (Å²) in [5, 5.41) is 11.7. The molecule has 0 bridgehead atoms. The number of anilines is 1. The van der Waals surface area contributed by atoms with Gasteiger partial charge in [-0.3, -0.25) is 9.59 Å². The van der Waals surface area contributed by atoms with Gasteiger partial charge in [0.1, 0.15) is 5.58 Å². The Morgan fingerprint density at radius 2 is 1.77 bits per heavy atom. The predicted molar refractivity (Wildman–Crippen MR) is 123 cm³/mol. The molecule has 1 unspecified atom stereocenters. The summed E-state index contributed by atoms with van der Waals surface area (Å²) in [6, 6.07) is 17.7. The van der Waals surface area contributed by atoms with Gasteiger partial charge in [0.25, 0.3) is 0 Å². The molecular weight excluding hydrogens is 437 g/mol. The van der Waals surface area contributed by atoms with E-state index in [9.17, 15) is 14.7 Å². The Balaban J connectivity index is 1.56. The lowest BCUT2D eigenvalue weighted by Gasteiger charge is -2.19. The van der Waals surface area contributed by atoms with E-state index in [1.54, 1.807) is 42.5 Å². The maximum Gasteiger partial charge on any atom is 0.308 e. The van der Waals surface area contributed by atoms with Crippen molar-refractivity contribution in [3.05, 3.63) is 86.5 Å². The van der Waals surface area contributed by atoms with Gasteiger partial charge < -0.3 is 14.4 Å². The highest BCUT2D eigenvalue weighted by molar-refractivity contribution is 6.34. The first-order valence-electron chi connectivity index (χ1n) is 9.80. The first-order valence-corrected chi connectivity index (χ1v) is 10.6. The standard InChI is InChI=1S/C24H17Cl2NO4/c25-14-6-4-13(5-7-14)18-11-27(12-19(18)24(29)30)15-8-9-16-21(10-15)31-23-17(22(16)28)2-1-3-20(23)26/h1-10,18-19H,11-12H2,(H,29,30)/t18-,19?/m0/s1. The fourth-order valence-corrected chi connectivity index (χ4v) is 4.68. The average Bonchev–Trinajstić information content (AvgIpc) is 3.21. The van der Waals surface area contributed by atoms with E-state index >= 15 is 0 Å². The fourth-order valence-electron chi connectivity index (χ4n) is 4.34. The van der Waals surface area contributed by atoms with Gasteiger partial charge in [0.15, 0.2) is 5.58 Å². The van der Waals surface area contributed by atoms with Crippen LogP contribution < -0.4 is 10.3 Å². The molecule has 0 spiro atoms. The van der Waals surface area contributed by atoms with Crippen LogP contribution in [-0.2, 0) is 4.79 Å². The Labute approximate surface area is 187 Å². The number of nitrogens with zero attached hydrogens (tertiary/aromatic N) is 1. The van der Waals surface area contributed by atoms with Crippen LogP contribution in [0.1, 0.15) is 11.5 Å². The first kappa shape index (κ1) is 19.9. The zero-order chi connectivity index (χ0) is 21.7. The number of fused-ring (bicyclic) bond motifs is 2. The molecule has 5 rings (SSSR count). The van der Waals surface area contributed by atoms with E-state index in [-0.39, 0.29) is 11.3 Å². The fraction of sp³-hybridized carbons (Fsp3) is 0.167. The van der Waals surface area contributed by atoms with Crippen LogP contribution in [0.5, 0.6) is 0 Å². The molecule has 2 heterocycles. The van der Waals surface area contributed by atoms with Crippen LogP contribution in [-0.4, -0.2) is 24.2 Å². The largest absolute Gasteiger partial charge is 0.481 e. The molecule has 1 saturated heterocycles. The van der Waals surface area contributed by atoms with Crippen molar-refractivity contribution in [2.75, 3.05) is 18.0 Å². The van der Waals surface area contributed by atoms with Crippen LogP contribution in [0.2, 0.25) is 10.0 Å². The summed E-state index contributed by atoms with van der Waals surface area (Å²) in [5.74, 6) is -1.58. The second kappa shape index (κ2) is 7.59. The van der Waals surface area contributed by atoms with Crippen molar-refractivity contribution >= 4 is 56.8 Å². The molecule has 1 aliphatic rings. The SMILES string of the molecule is O=C(O)C1CN(c2ccc3c(=O)c4cccc(Cl)c4oc3c2)C[C@H]1c1ccc(Cl)cc1. The molecule has 1 N–H and O–H groups in total. The molecule has 7 heteroatoms. The van der Waals surface area contributed by atoms with E-state index in [0.717, 1.165) is 11.3 Å². The average molecular weight is 454 g/mol. The van der Waals surface area contributed by atoms with Crippen LogP contribution >= 0.6 is 23.2 Å². The van der Waals surface area contributed by atoms with Crippen molar-refractivity contribution in [2.24, 2.45) is 5.92 Å². The summed E-state index contributed by atoms with van der Waals surface area (Å²) >= 11 is 12.2. The molecule has 3 aromatic carbocycles. The highest BCUT2D eigenvalue weighted by Crippen LogP contribution is 2.37. The molecule has 0 aliphatic carbocycles. The summed E-state index contributed by atoms with van der Waals surface area (Å²) < 4.78 is 5.97. The van der Waals surface area contributed by atoms with Gasteiger partial charge in [-0.1, -0.05) is 41.4 Å². The van der Waals surface area contributed by atoms with Gasteiger partial charge in [-0.15, -0.1) is 0 Å². The summed E-state index contributed by atoms with van der Waals surface area (Å²) in [6.45, 7) is 0.884. The number of benzene rings is 3. The minimum Gasteiger partial charge on any atom is -0.481 e. The van der Waals surface area contributed by atoms with E-state index in [1.807, 2.05) is 23.1 Å². The molecule has 0 saturated carbocycles. The van der Waals surface area contributed by atoms with E-state index in [0.29, 0.717) is 45.1 Å². The molecule has 4 aromatic rings. The van der Waals surface area contributed by atoms with Crippen LogP contribution in [0.25, 0.3) is 21.9 Å². The zero-order valence-electron chi connectivity index (χ0n) is 16.2. The second-order valence-electron chi connectivity index (χ2n) is 7.74. The zero-order valence-corrected chi connectivity index (χ0v) is 17.7. The number of carboxylic acid groups (broad SMARTS) is 1. The van der Waals surface area contributed by atoms with Gasteiger partial charge >= 0.3 is 5.97 Å². The molecular formula is C24H17Cl2NO4. The van der Waals surface area contributed by atoms with E-state index in [2.05, 4.69) is 0 Å². The Kier molecular flexibility index (Phi) is 4.88. The van der Waals surface area contributed by atoms with Crippen molar-refractivity contribution < 1.29 is 14.3 Å². The first-order chi connectivity index (χ1) is 14.9. The van der Waals surface area contributed by atoms with Gasteiger partial charge in [0.2, 0.25) is 5.43 Å². The van der Waals surface area contributed by atoms with Crippen molar-refractivity contribution in [2.45, 2.75) is 5.92 Å². The smallest absolute Gasteiger partial charge is 0.308 e. The minimum absolute atomic E-state index is 0.144. The van der Waals surface area contributed by atoms with Crippen molar-refractivity contribution in [1.82, 2.24) is 0 Å². The number of carboxylic acids is 1. The van der Waals surface area contributed by atoms with Crippen molar-refractivity contribution in [3.8, 4) is 0 Å². The third kappa shape index (κ3) is 3.44. The Morgan fingerprint density at radius 1 is 1.00 bits per heavy atom. The Bertz CT molecular complexity index is 1380. The van der Waals surface area contributed by atoms with Crippen LogP contribution in [0.15, 0.2) is 69.9 Å². The molecule has 1 aromatic heterocycles. The highest BCUT2D eigenvalue weighted by Gasteiger charge is 2.38. The predicted octanol–water partition coefficient (Wildman–Crippen LogP) is 5.56. The van der Waals surface area contributed by atoms with Crippen molar-refractivity contribution in [1.29, 1.82) is 0 Å². The van der Waals surface area contributed by atoms with E-state index < -0.39 is 11.9 Å². The van der Waals surface area contributed by atoms with Gasteiger partial charge in [-0.2, -0.15) is 0 Å². The molecule has 0 radical (unpaired) electrons. The van der Waals surface area contributed by atoms with Crippen LogP contribution in [0.4, 0.5) is 5.69 Å². The Morgan fingerprint density at radius 3 is 2.52 bits per heavy atom. The maximum absolute atomic E-state index is 12.9. The second-order valence-corrected chi connectivity index (χ2v) is 8.58. The van der Waals surface area contributed by atoms with E-state index in [1.165, 1.54) is 0 Å². The number of rotatable bonds is 3. The molecule has 5 nitrogen and oxygen atoms in total. The summed E-state index contributed by atoms with van der Waals surface area (Å²) in [7, 11) is 0. The molecule has 2 atom stereocenters. The lowest BCUT2D eigenvalue weighted by Crippen LogP contribution is -2.23. The summed E-state index contributed by atoms with van der Waals surface area (Å²) in [4.78, 5) is 26.8. The molecule has 156 valence electrons. The number of carbonyl (C=O) groups is 1. The normalized spacial score (nSPS) is 18.7. The highest BCUT2D eigenvalue weighted by atomic mass is 35.5. The number of hydrogen-bond acceptors (Lipinski definition) is 4. The third-order valence-electron chi connectivity index (χ3n) is 5.93. The van der Waals surface area contributed by atoms with Crippen LogP contribution in [0, 0.1) is 5.92 Å². The Hall–Kier alpha value is -3.02. The number of aliphatic carboxylic acids is 1. The minimum atomic E-state index is -0.840. The van der Waals surface area contributed by atoms with Gasteiger partial charge in [0, 0.05) is 35.8 Å². The van der Waals surface area contributed by atoms with Gasteiger partial charge in [-0.05, 0) is 42.0 Å². The number of hydrogen-bond donors (Lipinski definition) is 1. The number of para-hydroxylation sites is 1. The lowest BCUT2D eigenvalue weighted by atomic mass is 9.89. The molecule has 0 amide bonds. The topological polar surface area (TPSA) is 70.8 Å². The maximum atomic E-state index is 12.9. The quantitative estimate of drug-likeness (QED) is 0.411. The monoisotopic (exact) mass is 453 g/mol. The number of halogens is 2. The molecule has 31 heavy (non-hydrogen) atoms. The van der Waals surface area contributed by atoms with Gasteiger partial charge in [-0.25, -0.2) is 0 Å². The van der Waals surface area contributed by atoms with Gasteiger partial charge in [0.05, 0.1) is 21.7 Å². The summed E-state index contributed by atoms with van der Waals surface area (Å²) in [5.41, 5.74) is 2.36. The molecule has 1 aliphatic heterocycles. The summed E-state index contributed by atoms with van der Waals surface area (Å²) in [6.07, 6.45) is 0.